The van der Waals surface area contributed by atoms with Crippen molar-refractivity contribution < 1.29 is 14.5 Å². The van der Waals surface area contributed by atoms with Crippen LogP contribution in [0.15, 0.2) is 42.5 Å². The second-order valence-corrected chi connectivity index (χ2v) is 7.91. The van der Waals surface area contributed by atoms with Gasteiger partial charge in [-0.15, -0.1) is 11.3 Å². The van der Waals surface area contributed by atoms with Crippen molar-refractivity contribution in [1.29, 1.82) is 0 Å². The highest BCUT2D eigenvalue weighted by molar-refractivity contribution is 7.18. The Hall–Kier alpha value is -3.04. The van der Waals surface area contributed by atoms with E-state index in [0.717, 1.165) is 15.2 Å². The van der Waals surface area contributed by atoms with Crippen LogP contribution in [0.4, 0.5) is 11.4 Å². The normalized spacial score (nSPS) is 14.2. The molecular formula is C20H20N4O4S. The van der Waals surface area contributed by atoms with E-state index in [2.05, 4.69) is 4.98 Å². The van der Waals surface area contributed by atoms with Gasteiger partial charge in [0.05, 0.1) is 46.1 Å². The number of morpholine rings is 1. The van der Waals surface area contributed by atoms with Crippen molar-refractivity contribution in [3.8, 4) is 0 Å². The maximum atomic E-state index is 13.2. The molecule has 0 spiro atoms. The molecule has 3 aromatic rings. The Labute approximate surface area is 171 Å². The maximum absolute atomic E-state index is 13.2. The van der Waals surface area contributed by atoms with Gasteiger partial charge in [-0.3, -0.25) is 14.9 Å². The number of nitro benzene ring substituents is 1. The van der Waals surface area contributed by atoms with Crippen molar-refractivity contribution in [1.82, 2.24) is 9.88 Å². The topological polar surface area (TPSA) is 88.8 Å². The summed E-state index contributed by atoms with van der Waals surface area (Å²) in [5.74, 6) is -0.269. The molecule has 2 heterocycles. The summed E-state index contributed by atoms with van der Waals surface area (Å²) in [5.41, 5.74) is 1.82. The van der Waals surface area contributed by atoms with E-state index in [4.69, 9.17) is 4.74 Å². The van der Waals surface area contributed by atoms with Crippen LogP contribution in [0.3, 0.4) is 0 Å². The number of carbonyl (C=O) groups excluding carboxylic acids is 1. The van der Waals surface area contributed by atoms with Gasteiger partial charge in [0.1, 0.15) is 5.01 Å². The second kappa shape index (κ2) is 8.14. The number of nitrogens with zero attached hydrogens (tertiary/aromatic N) is 4. The van der Waals surface area contributed by atoms with Gasteiger partial charge >= 0.3 is 0 Å². The zero-order chi connectivity index (χ0) is 20.4. The molecule has 0 atom stereocenters. The lowest BCUT2D eigenvalue weighted by Crippen LogP contribution is -2.38. The molecule has 150 valence electrons. The van der Waals surface area contributed by atoms with Gasteiger partial charge in [0.2, 0.25) is 0 Å². The Kier molecular flexibility index (Phi) is 5.41. The summed E-state index contributed by atoms with van der Waals surface area (Å²) in [6, 6.07) is 12.3. The van der Waals surface area contributed by atoms with Gasteiger partial charge in [-0.2, -0.15) is 0 Å². The quantitative estimate of drug-likeness (QED) is 0.472. The first-order chi connectivity index (χ1) is 14.0. The molecule has 1 saturated heterocycles. The van der Waals surface area contributed by atoms with Gasteiger partial charge < -0.3 is 14.5 Å². The molecule has 2 aromatic carbocycles. The summed E-state index contributed by atoms with van der Waals surface area (Å²) >= 11 is 1.54. The van der Waals surface area contributed by atoms with Crippen LogP contribution in [0, 0.1) is 10.1 Å². The van der Waals surface area contributed by atoms with Gasteiger partial charge in [-0.05, 0) is 18.2 Å². The third-order valence-electron chi connectivity index (χ3n) is 4.83. The van der Waals surface area contributed by atoms with Crippen LogP contribution in [-0.4, -0.2) is 54.1 Å². The number of hydrogen-bond donors (Lipinski definition) is 0. The van der Waals surface area contributed by atoms with Crippen LogP contribution in [-0.2, 0) is 11.3 Å². The fourth-order valence-corrected chi connectivity index (χ4v) is 4.38. The molecule has 0 radical (unpaired) electrons. The highest BCUT2D eigenvalue weighted by Gasteiger charge is 2.24. The van der Waals surface area contributed by atoms with Gasteiger partial charge in [0.25, 0.3) is 11.6 Å². The standard InChI is InChI=1S/C20H20N4O4S/c1-22(13-19-21-16-4-2-3-5-18(16)29-19)20(25)15-12-14(24(26)27)6-7-17(15)23-8-10-28-11-9-23/h2-7,12H,8-11,13H2,1H3. The third-order valence-corrected chi connectivity index (χ3v) is 5.85. The number of para-hydroxylation sites is 1. The van der Waals surface area contributed by atoms with E-state index >= 15 is 0 Å². The lowest BCUT2D eigenvalue weighted by atomic mass is 10.1. The summed E-state index contributed by atoms with van der Waals surface area (Å²) < 4.78 is 6.45. The summed E-state index contributed by atoms with van der Waals surface area (Å²) in [7, 11) is 1.69. The molecular weight excluding hydrogens is 392 g/mol. The van der Waals surface area contributed by atoms with Crippen LogP contribution in [0.25, 0.3) is 10.2 Å². The van der Waals surface area contributed by atoms with Crippen molar-refractivity contribution in [3.63, 3.8) is 0 Å². The third kappa shape index (κ3) is 4.06. The van der Waals surface area contributed by atoms with Gasteiger partial charge in [0.15, 0.2) is 0 Å². The first-order valence-electron chi connectivity index (χ1n) is 9.24. The number of carbonyl (C=O) groups is 1. The molecule has 4 rings (SSSR count). The van der Waals surface area contributed by atoms with Gasteiger partial charge in [-0.25, -0.2) is 4.98 Å². The van der Waals surface area contributed by atoms with Crippen molar-refractivity contribution in [2.45, 2.75) is 6.54 Å². The monoisotopic (exact) mass is 412 g/mol. The molecule has 1 amide bonds. The Morgan fingerprint density at radius 1 is 1.28 bits per heavy atom. The van der Waals surface area contributed by atoms with Crippen LogP contribution >= 0.6 is 11.3 Å². The van der Waals surface area contributed by atoms with E-state index < -0.39 is 4.92 Å². The van der Waals surface area contributed by atoms with Crippen molar-refractivity contribution >= 4 is 38.8 Å². The number of hydrogen-bond acceptors (Lipinski definition) is 7. The predicted octanol–water partition coefficient (Wildman–Crippen LogP) is 3.31. The average Bonchev–Trinajstić information content (AvgIpc) is 3.15. The molecule has 0 aliphatic carbocycles. The van der Waals surface area contributed by atoms with Gasteiger partial charge in [0, 0.05) is 32.3 Å². The molecule has 1 fully saturated rings. The molecule has 9 heteroatoms. The zero-order valence-corrected chi connectivity index (χ0v) is 16.7. The van der Waals surface area contributed by atoms with E-state index in [1.807, 2.05) is 29.2 Å². The van der Waals surface area contributed by atoms with Gasteiger partial charge in [-0.1, -0.05) is 12.1 Å². The van der Waals surface area contributed by atoms with Crippen molar-refractivity contribution in [2.24, 2.45) is 0 Å². The minimum atomic E-state index is -0.479. The summed E-state index contributed by atoms with van der Waals surface area (Å²) in [5, 5.41) is 12.1. The number of anilines is 1. The molecule has 1 aliphatic heterocycles. The number of non-ortho nitro benzene ring substituents is 1. The highest BCUT2D eigenvalue weighted by Crippen LogP contribution is 2.28. The molecule has 0 unspecified atom stereocenters. The van der Waals surface area contributed by atoms with Crippen molar-refractivity contribution in [2.75, 3.05) is 38.3 Å². The van der Waals surface area contributed by atoms with E-state index in [1.165, 1.54) is 23.5 Å². The minimum Gasteiger partial charge on any atom is -0.378 e. The molecule has 29 heavy (non-hydrogen) atoms. The number of thiazole rings is 1. The average molecular weight is 412 g/mol. The summed E-state index contributed by atoms with van der Waals surface area (Å²) in [6.45, 7) is 2.74. The number of fused-ring (bicyclic) bond motifs is 1. The first kappa shape index (κ1) is 19.3. The number of benzene rings is 2. The second-order valence-electron chi connectivity index (χ2n) is 6.79. The Bertz CT molecular complexity index is 1030. The van der Waals surface area contributed by atoms with E-state index in [9.17, 15) is 14.9 Å². The van der Waals surface area contributed by atoms with Crippen LogP contribution in [0.2, 0.25) is 0 Å². The number of rotatable bonds is 5. The summed E-state index contributed by atoms with van der Waals surface area (Å²) in [6.07, 6.45) is 0. The minimum absolute atomic E-state index is 0.0984. The fourth-order valence-electron chi connectivity index (χ4n) is 3.36. The Balaban J connectivity index is 1.62. The first-order valence-corrected chi connectivity index (χ1v) is 10.1. The number of aromatic nitrogens is 1. The Morgan fingerprint density at radius 2 is 2.03 bits per heavy atom. The molecule has 0 bridgehead atoms. The number of ether oxygens (including phenoxy) is 1. The molecule has 0 saturated carbocycles. The molecule has 1 aromatic heterocycles. The largest absolute Gasteiger partial charge is 0.378 e. The van der Waals surface area contributed by atoms with Crippen LogP contribution in [0.5, 0.6) is 0 Å². The SMILES string of the molecule is CN(Cc1nc2ccccc2s1)C(=O)c1cc([N+](=O)[O-])ccc1N1CCOCC1. The van der Waals surface area contributed by atoms with Crippen LogP contribution in [0.1, 0.15) is 15.4 Å². The molecule has 8 nitrogen and oxygen atoms in total. The highest BCUT2D eigenvalue weighted by atomic mass is 32.1. The Morgan fingerprint density at radius 3 is 2.76 bits per heavy atom. The fraction of sp³-hybridized carbons (Fsp3) is 0.300. The molecule has 1 aliphatic rings. The van der Waals surface area contributed by atoms with E-state index in [1.54, 1.807) is 18.0 Å². The lowest BCUT2D eigenvalue weighted by molar-refractivity contribution is -0.384. The summed E-state index contributed by atoms with van der Waals surface area (Å²) in [4.78, 5) is 32.2. The van der Waals surface area contributed by atoms with Crippen LogP contribution < -0.4 is 4.90 Å². The molecule has 0 N–H and O–H groups in total. The predicted molar refractivity (Wildman–Crippen MR) is 112 cm³/mol. The number of amides is 1. The smallest absolute Gasteiger partial charge is 0.270 e. The van der Waals surface area contributed by atoms with E-state index in [-0.39, 0.29) is 11.6 Å². The van der Waals surface area contributed by atoms with Crippen molar-refractivity contribution in [3.05, 3.63) is 63.1 Å². The van der Waals surface area contributed by atoms with E-state index in [0.29, 0.717) is 44.1 Å². The number of nitro groups is 1. The maximum Gasteiger partial charge on any atom is 0.270 e. The zero-order valence-electron chi connectivity index (χ0n) is 15.9. The lowest BCUT2D eigenvalue weighted by Gasteiger charge is -2.31.